The molecule has 12 heteroatoms. The zero-order chi connectivity index (χ0) is 26.9. The number of nitrogens with one attached hydrogen (secondary N) is 3. The summed E-state index contributed by atoms with van der Waals surface area (Å²) in [5.41, 5.74) is 1.16. The van der Waals surface area contributed by atoms with Gasteiger partial charge in [-0.2, -0.15) is 13.2 Å². The molecule has 3 aliphatic rings. The molecule has 5 rings (SSSR count). The Labute approximate surface area is 215 Å². The first-order valence-electron chi connectivity index (χ1n) is 11.9. The van der Waals surface area contributed by atoms with Crippen molar-refractivity contribution in [2.45, 2.75) is 43.2 Å². The lowest BCUT2D eigenvalue weighted by Crippen LogP contribution is -2.61. The van der Waals surface area contributed by atoms with Crippen LogP contribution in [-0.2, 0) is 11.3 Å². The van der Waals surface area contributed by atoms with Crippen molar-refractivity contribution in [2.75, 3.05) is 11.9 Å². The van der Waals surface area contributed by atoms with Gasteiger partial charge in [0.2, 0.25) is 0 Å². The second kappa shape index (κ2) is 10.0. The molecule has 2 aromatic rings. The van der Waals surface area contributed by atoms with Crippen LogP contribution in [0.25, 0.3) is 0 Å². The topological polar surface area (TPSA) is 110 Å². The number of allylic oxidation sites excluding steroid dienone is 1. The smallest absolute Gasteiger partial charge is 0.380 e. The van der Waals surface area contributed by atoms with Gasteiger partial charge in [0.1, 0.15) is 29.8 Å². The average molecular weight is 529 g/mol. The number of aliphatic hydroxyl groups is 1. The second-order valence-electron chi connectivity index (χ2n) is 9.28. The van der Waals surface area contributed by atoms with Crippen LogP contribution in [0.4, 0.5) is 23.2 Å². The van der Waals surface area contributed by atoms with Gasteiger partial charge in [0.15, 0.2) is 5.96 Å². The maximum Gasteiger partial charge on any atom is 0.408 e. The summed E-state index contributed by atoms with van der Waals surface area (Å²) in [6.07, 6.45) is -0.104. The summed E-state index contributed by atoms with van der Waals surface area (Å²) in [6, 6.07) is 11.3. The van der Waals surface area contributed by atoms with E-state index in [0.29, 0.717) is 29.8 Å². The van der Waals surface area contributed by atoms with E-state index in [4.69, 9.17) is 0 Å². The fraction of sp³-hybridized carbons (Fsp3) is 0.308. The van der Waals surface area contributed by atoms with Gasteiger partial charge in [-0.25, -0.2) is 9.38 Å². The Kier molecular flexibility index (Phi) is 6.74. The Morgan fingerprint density at radius 1 is 1.11 bits per heavy atom. The van der Waals surface area contributed by atoms with Crippen LogP contribution in [0.15, 0.2) is 75.7 Å². The number of carbonyl (C=O) groups is 1. The summed E-state index contributed by atoms with van der Waals surface area (Å²) in [7, 11) is 0. The van der Waals surface area contributed by atoms with E-state index in [1.165, 1.54) is 12.1 Å². The molecule has 1 amide bonds. The number of benzene rings is 2. The Morgan fingerprint density at radius 3 is 2.47 bits per heavy atom. The number of hydrogen-bond acceptors (Lipinski definition) is 5. The number of hydrogen-bond donors (Lipinski definition) is 4. The van der Waals surface area contributed by atoms with Gasteiger partial charge in [0.25, 0.3) is 5.91 Å². The number of carbonyl (C=O) groups excluding carboxylic acids is 1. The molecule has 2 aromatic carbocycles. The fourth-order valence-electron chi connectivity index (χ4n) is 3.96. The Morgan fingerprint density at radius 2 is 1.82 bits per heavy atom. The number of anilines is 1. The highest BCUT2D eigenvalue weighted by Crippen LogP contribution is 2.36. The van der Waals surface area contributed by atoms with E-state index in [-0.39, 0.29) is 24.2 Å². The number of fused-ring (bicyclic) bond motifs is 1. The molecule has 2 aliphatic heterocycles. The van der Waals surface area contributed by atoms with E-state index >= 15 is 0 Å². The maximum absolute atomic E-state index is 13.2. The third-order valence-electron chi connectivity index (χ3n) is 6.26. The zero-order valence-electron chi connectivity index (χ0n) is 20.0. The molecule has 2 fully saturated rings. The molecule has 2 unspecified atom stereocenters. The van der Waals surface area contributed by atoms with Crippen LogP contribution in [0.1, 0.15) is 24.0 Å². The van der Waals surface area contributed by atoms with Crippen molar-refractivity contribution in [3.63, 3.8) is 0 Å². The standard InChI is InChI=1S/C26H24F4N6O2/c27-17-5-1-15(2-6-17)13-31-24-35-20-10-9-19(34-21(20)22(36-24)32-14-26(28,29)30)16-3-7-18(8-4-16)33-23(37)25(38)11-12-25/h1-10,20-21,38H,11-14H2,(H,33,37)(H2,31,32,35,36). The van der Waals surface area contributed by atoms with Crippen molar-refractivity contribution >= 4 is 29.1 Å². The van der Waals surface area contributed by atoms with Crippen molar-refractivity contribution in [3.05, 3.63) is 77.6 Å². The average Bonchev–Trinajstić information content (AvgIpc) is 3.65. The van der Waals surface area contributed by atoms with Crippen LogP contribution >= 0.6 is 0 Å². The van der Waals surface area contributed by atoms with Crippen LogP contribution in [0.5, 0.6) is 0 Å². The van der Waals surface area contributed by atoms with Crippen LogP contribution in [-0.4, -0.2) is 58.9 Å². The largest absolute Gasteiger partial charge is 0.408 e. The summed E-state index contributed by atoms with van der Waals surface area (Å²) in [4.78, 5) is 24.8. The molecule has 1 saturated heterocycles. The summed E-state index contributed by atoms with van der Waals surface area (Å²) in [5.74, 6) is -0.578. The molecule has 0 bridgehead atoms. The number of dihydropyridines is 1. The molecule has 0 aromatic heterocycles. The number of guanidine groups is 1. The molecular formula is C26H24F4N6O2. The van der Waals surface area contributed by atoms with Gasteiger partial charge in [0.05, 0.1) is 18.3 Å². The monoisotopic (exact) mass is 528 g/mol. The molecule has 2 heterocycles. The molecule has 1 saturated carbocycles. The van der Waals surface area contributed by atoms with E-state index in [9.17, 15) is 27.5 Å². The zero-order valence-corrected chi connectivity index (χ0v) is 20.0. The van der Waals surface area contributed by atoms with Gasteiger partial charge in [-0.15, -0.1) is 0 Å². The first-order chi connectivity index (χ1) is 18.1. The number of aliphatic imine (C=N–C) groups is 3. The lowest BCUT2D eigenvalue weighted by atomic mass is 9.98. The molecule has 1 aliphatic carbocycles. The molecule has 8 nitrogen and oxygen atoms in total. The van der Waals surface area contributed by atoms with Gasteiger partial charge < -0.3 is 21.1 Å². The quantitative estimate of drug-likeness (QED) is 0.432. The molecule has 4 N–H and O–H groups in total. The number of amides is 1. The molecule has 198 valence electrons. The fourth-order valence-corrected chi connectivity index (χ4v) is 3.96. The van der Waals surface area contributed by atoms with Crippen LogP contribution in [0, 0.1) is 5.82 Å². The maximum atomic E-state index is 13.2. The summed E-state index contributed by atoms with van der Waals surface area (Å²) in [6.45, 7) is -1.20. The van der Waals surface area contributed by atoms with Crippen LogP contribution in [0.3, 0.4) is 0 Å². The Bertz CT molecular complexity index is 1330. The van der Waals surface area contributed by atoms with E-state index in [1.807, 2.05) is 0 Å². The molecular weight excluding hydrogens is 504 g/mol. The Balaban J connectivity index is 1.34. The minimum absolute atomic E-state index is 0.0207. The highest BCUT2D eigenvalue weighted by Gasteiger charge is 2.48. The number of rotatable bonds is 6. The van der Waals surface area contributed by atoms with Crippen LogP contribution in [0.2, 0.25) is 0 Å². The lowest BCUT2D eigenvalue weighted by Gasteiger charge is -2.34. The number of alkyl halides is 3. The molecule has 38 heavy (non-hydrogen) atoms. The van der Waals surface area contributed by atoms with Crippen LogP contribution < -0.4 is 16.0 Å². The minimum Gasteiger partial charge on any atom is -0.380 e. The number of amidine groups is 1. The van der Waals surface area contributed by atoms with Gasteiger partial charge in [-0.1, -0.05) is 30.3 Å². The van der Waals surface area contributed by atoms with Crippen molar-refractivity contribution in [1.82, 2.24) is 10.6 Å². The van der Waals surface area contributed by atoms with Crippen molar-refractivity contribution in [2.24, 2.45) is 15.0 Å². The third-order valence-corrected chi connectivity index (χ3v) is 6.26. The first-order valence-corrected chi connectivity index (χ1v) is 11.9. The normalized spacial score (nSPS) is 23.8. The van der Waals surface area contributed by atoms with Gasteiger partial charge in [-0.3, -0.25) is 14.8 Å². The summed E-state index contributed by atoms with van der Waals surface area (Å²) in [5, 5.41) is 18.5. The van der Waals surface area contributed by atoms with E-state index in [2.05, 4.69) is 30.9 Å². The SMILES string of the molecule is O=C(Nc1ccc(C2=NC3C(=NCC(F)(F)F)NC(=NCc4ccc(F)cc4)NC3C=C2)cc1)C1(O)CC1. The van der Waals surface area contributed by atoms with Gasteiger partial charge >= 0.3 is 6.18 Å². The summed E-state index contributed by atoms with van der Waals surface area (Å²) >= 11 is 0. The highest BCUT2D eigenvalue weighted by atomic mass is 19.4. The van der Waals surface area contributed by atoms with Gasteiger partial charge in [0, 0.05) is 5.69 Å². The predicted octanol–water partition coefficient (Wildman–Crippen LogP) is 3.10. The minimum atomic E-state index is -4.49. The van der Waals surface area contributed by atoms with Gasteiger partial charge in [-0.05, 0) is 54.3 Å². The summed E-state index contributed by atoms with van der Waals surface area (Å²) < 4.78 is 52.1. The molecule has 2 atom stereocenters. The third kappa shape index (κ3) is 6.08. The first kappa shape index (κ1) is 25.6. The number of nitrogens with zero attached hydrogens (tertiary/aromatic N) is 3. The molecule has 0 spiro atoms. The van der Waals surface area contributed by atoms with Crippen molar-refractivity contribution in [3.8, 4) is 0 Å². The lowest BCUT2D eigenvalue weighted by molar-refractivity contribution is -0.126. The van der Waals surface area contributed by atoms with E-state index in [0.717, 1.165) is 5.56 Å². The van der Waals surface area contributed by atoms with Crippen molar-refractivity contribution in [1.29, 1.82) is 0 Å². The highest BCUT2D eigenvalue weighted by molar-refractivity contribution is 6.13. The van der Waals surface area contributed by atoms with Crippen molar-refractivity contribution < 1.29 is 27.5 Å². The Hall–Kier alpha value is -4.06. The predicted molar refractivity (Wildman–Crippen MR) is 135 cm³/mol. The number of halogens is 4. The van der Waals surface area contributed by atoms with E-state index in [1.54, 1.807) is 48.6 Å². The second-order valence-corrected chi connectivity index (χ2v) is 9.28. The molecule has 0 radical (unpaired) electrons. The van der Waals surface area contributed by atoms with E-state index < -0.39 is 36.3 Å².